The number of Topliss-reactive ketones (excluding diaryl/α,β-unsaturated/α-hetero) is 1. The monoisotopic (exact) mass is 171 g/mol. The third-order valence-electron chi connectivity index (χ3n) is 1.57. The van der Waals surface area contributed by atoms with Gasteiger partial charge in [-0.2, -0.15) is 0 Å². The third-order valence-corrected chi connectivity index (χ3v) is 1.57. The second-order valence-corrected chi connectivity index (χ2v) is 2.92. The fraction of sp³-hybridized carbons (Fsp3) is 0.750. The lowest BCUT2D eigenvalue weighted by Crippen LogP contribution is -2.35. The molecule has 0 aliphatic rings. The maximum Gasteiger partial charge on any atom is 0.188 e. The van der Waals surface area contributed by atoms with Crippen LogP contribution in [-0.2, 0) is 4.79 Å². The Morgan fingerprint density at radius 3 is 2.50 bits per heavy atom. The molecule has 0 amide bonds. The van der Waals surface area contributed by atoms with E-state index >= 15 is 0 Å². The van der Waals surface area contributed by atoms with Gasteiger partial charge in [0.1, 0.15) is 5.78 Å². The topological polar surface area (TPSA) is 65.0 Å². The molecule has 0 aliphatic carbocycles. The molecule has 0 aromatic heterocycles. The van der Waals surface area contributed by atoms with Crippen molar-refractivity contribution in [3.05, 3.63) is 0 Å². The number of carbonyl (C=O) groups is 1. The summed E-state index contributed by atoms with van der Waals surface area (Å²) >= 11 is 0. The Morgan fingerprint density at radius 2 is 2.08 bits per heavy atom. The van der Waals surface area contributed by atoms with Crippen LogP contribution in [0.1, 0.15) is 20.3 Å². The first-order valence-corrected chi connectivity index (χ1v) is 4.10. The second-order valence-electron chi connectivity index (χ2n) is 2.92. The number of ketones is 1. The first-order chi connectivity index (χ1) is 5.57. The predicted octanol–water partition coefficient (Wildman–Crippen LogP) is 0.345. The van der Waals surface area contributed by atoms with E-state index in [-0.39, 0.29) is 17.7 Å². The van der Waals surface area contributed by atoms with Crippen molar-refractivity contribution in [1.82, 2.24) is 10.6 Å². The van der Waals surface area contributed by atoms with Gasteiger partial charge in [0, 0.05) is 25.9 Å². The van der Waals surface area contributed by atoms with Crippen molar-refractivity contribution in [3.8, 4) is 0 Å². The van der Waals surface area contributed by atoms with Gasteiger partial charge in [-0.15, -0.1) is 0 Å². The summed E-state index contributed by atoms with van der Waals surface area (Å²) in [5, 5.41) is 12.6. The smallest absolute Gasteiger partial charge is 0.188 e. The van der Waals surface area contributed by atoms with Crippen molar-refractivity contribution in [3.63, 3.8) is 0 Å². The molecule has 0 unspecified atom stereocenters. The molecule has 0 rings (SSSR count). The normalized spacial score (nSPS) is 9.67. The second kappa shape index (κ2) is 5.57. The van der Waals surface area contributed by atoms with Gasteiger partial charge in [0.05, 0.1) is 0 Å². The van der Waals surface area contributed by atoms with Gasteiger partial charge in [-0.05, 0) is 0 Å². The highest BCUT2D eigenvalue weighted by atomic mass is 16.1. The molecule has 0 fully saturated rings. The van der Waals surface area contributed by atoms with Crippen LogP contribution >= 0.6 is 0 Å². The summed E-state index contributed by atoms with van der Waals surface area (Å²) in [7, 11) is 1.67. The molecule has 0 saturated heterocycles. The number of hydrogen-bond donors (Lipinski definition) is 3. The minimum Gasteiger partial charge on any atom is -0.360 e. The van der Waals surface area contributed by atoms with Crippen LogP contribution in [0.2, 0.25) is 0 Å². The molecule has 4 heteroatoms. The molecule has 0 saturated carbocycles. The van der Waals surface area contributed by atoms with E-state index in [0.29, 0.717) is 13.0 Å². The van der Waals surface area contributed by atoms with Gasteiger partial charge < -0.3 is 10.6 Å². The molecule has 3 N–H and O–H groups in total. The Bertz CT molecular complexity index is 166. The molecule has 0 bridgehead atoms. The van der Waals surface area contributed by atoms with Gasteiger partial charge in [-0.1, -0.05) is 13.8 Å². The molecule has 0 aromatic rings. The summed E-state index contributed by atoms with van der Waals surface area (Å²) in [5.41, 5.74) is 0. The average molecular weight is 171 g/mol. The van der Waals surface area contributed by atoms with Crippen LogP contribution < -0.4 is 10.6 Å². The largest absolute Gasteiger partial charge is 0.360 e. The van der Waals surface area contributed by atoms with Crippen molar-refractivity contribution in [2.75, 3.05) is 13.6 Å². The average Bonchev–Trinajstić information content (AvgIpc) is 2.03. The Labute approximate surface area is 73.2 Å². The van der Waals surface area contributed by atoms with Crippen molar-refractivity contribution in [1.29, 1.82) is 5.41 Å². The van der Waals surface area contributed by atoms with Crippen LogP contribution in [0.5, 0.6) is 0 Å². The van der Waals surface area contributed by atoms with E-state index in [9.17, 15) is 4.79 Å². The Morgan fingerprint density at radius 1 is 1.50 bits per heavy atom. The lowest BCUT2D eigenvalue weighted by Gasteiger charge is -2.07. The summed E-state index contributed by atoms with van der Waals surface area (Å²) in [5.74, 6) is 0.577. The molecule has 4 nitrogen and oxygen atoms in total. The van der Waals surface area contributed by atoms with Gasteiger partial charge >= 0.3 is 0 Å². The third kappa shape index (κ3) is 4.71. The molecular formula is C8H17N3O. The fourth-order valence-corrected chi connectivity index (χ4v) is 0.688. The minimum absolute atomic E-state index is 0.0931. The van der Waals surface area contributed by atoms with Crippen LogP contribution in [0, 0.1) is 11.3 Å². The van der Waals surface area contributed by atoms with Crippen molar-refractivity contribution in [2.24, 2.45) is 5.92 Å². The molecule has 0 spiro atoms. The van der Waals surface area contributed by atoms with E-state index in [4.69, 9.17) is 5.41 Å². The van der Waals surface area contributed by atoms with E-state index in [0.717, 1.165) is 0 Å². The molecular weight excluding hydrogens is 154 g/mol. The number of nitrogens with one attached hydrogen (secondary N) is 3. The van der Waals surface area contributed by atoms with E-state index in [1.807, 2.05) is 13.8 Å². The predicted molar refractivity (Wildman–Crippen MR) is 49.3 cm³/mol. The van der Waals surface area contributed by atoms with Crippen LogP contribution in [-0.4, -0.2) is 25.3 Å². The fourth-order valence-electron chi connectivity index (χ4n) is 0.688. The number of carbonyl (C=O) groups excluding carboxylic acids is 1. The number of hydrogen-bond acceptors (Lipinski definition) is 2. The van der Waals surface area contributed by atoms with Crippen LogP contribution in [0.15, 0.2) is 0 Å². The van der Waals surface area contributed by atoms with Gasteiger partial charge in [-0.25, -0.2) is 0 Å². The lowest BCUT2D eigenvalue weighted by molar-refractivity contribution is -0.121. The van der Waals surface area contributed by atoms with E-state index in [1.54, 1.807) is 7.05 Å². The summed E-state index contributed by atoms with van der Waals surface area (Å²) in [4.78, 5) is 11.1. The van der Waals surface area contributed by atoms with Crippen LogP contribution in [0.25, 0.3) is 0 Å². The van der Waals surface area contributed by atoms with Crippen molar-refractivity contribution >= 4 is 11.7 Å². The Balaban J connectivity index is 3.44. The highest BCUT2D eigenvalue weighted by molar-refractivity contribution is 5.81. The first-order valence-electron chi connectivity index (χ1n) is 4.10. The first kappa shape index (κ1) is 10.9. The maximum atomic E-state index is 11.1. The van der Waals surface area contributed by atoms with Crippen LogP contribution in [0.4, 0.5) is 0 Å². The quantitative estimate of drug-likeness (QED) is 0.422. The molecule has 70 valence electrons. The van der Waals surface area contributed by atoms with Gasteiger partial charge in [0.15, 0.2) is 5.96 Å². The Hall–Kier alpha value is -1.06. The van der Waals surface area contributed by atoms with Gasteiger partial charge in [0.25, 0.3) is 0 Å². The van der Waals surface area contributed by atoms with E-state index < -0.39 is 0 Å². The van der Waals surface area contributed by atoms with Crippen LogP contribution in [0.3, 0.4) is 0 Å². The maximum absolute atomic E-state index is 11.1. The zero-order chi connectivity index (χ0) is 9.56. The molecule has 0 atom stereocenters. The SMILES string of the molecule is CNC(=N)NCCC(=O)C(C)C. The highest BCUT2D eigenvalue weighted by Crippen LogP contribution is 1.96. The van der Waals surface area contributed by atoms with Gasteiger partial charge in [-0.3, -0.25) is 10.2 Å². The zero-order valence-electron chi connectivity index (χ0n) is 7.90. The number of rotatable bonds is 4. The van der Waals surface area contributed by atoms with Gasteiger partial charge in [0.2, 0.25) is 0 Å². The highest BCUT2D eigenvalue weighted by Gasteiger charge is 2.05. The van der Waals surface area contributed by atoms with Crippen molar-refractivity contribution in [2.45, 2.75) is 20.3 Å². The number of guanidine groups is 1. The van der Waals surface area contributed by atoms with E-state index in [1.165, 1.54) is 0 Å². The molecule has 0 radical (unpaired) electrons. The summed E-state index contributed by atoms with van der Waals surface area (Å²) in [6.45, 7) is 4.30. The molecule has 12 heavy (non-hydrogen) atoms. The molecule has 0 aliphatic heterocycles. The van der Waals surface area contributed by atoms with Crippen molar-refractivity contribution < 1.29 is 4.79 Å². The zero-order valence-corrected chi connectivity index (χ0v) is 7.90. The molecule has 0 heterocycles. The summed E-state index contributed by atoms with van der Waals surface area (Å²) in [6.07, 6.45) is 0.488. The molecule has 0 aromatic carbocycles. The summed E-state index contributed by atoms with van der Waals surface area (Å²) < 4.78 is 0. The minimum atomic E-state index is 0.0931. The Kier molecular flexibility index (Phi) is 5.08. The summed E-state index contributed by atoms with van der Waals surface area (Å²) in [6, 6.07) is 0. The standard InChI is InChI=1S/C8H17N3O/c1-6(2)7(12)4-5-11-8(9)10-3/h6H,4-5H2,1-3H3,(H3,9,10,11). The van der Waals surface area contributed by atoms with E-state index in [2.05, 4.69) is 10.6 Å². The lowest BCUT2D eigenvalue weighted by atomic mass is 10.1.